The molecule has 2 N–H and O–H groups in total. The maximum absolute atomic E-state index is 10.7. The Balaban J connectivity index is -0.000000349. The predicted molar refractivity (Wildman–Crippen MR) is 96.6 cm³/mol. The zero-order valence-electron chi connectivity index (χ0n) is 15.1. The molecule has 1 atom stereocenters. The Morgan fingerprint density at radius 1 is 1.15 bits per heavy atom. The first-order valence-electron chi connectivity index (χ1n) is 7.99. The molecule has 2 heterocycles. The van der Waals surface area contributed by atoms with Crippen molar-refractivity contribution in [2.75, 3.05) is 19.6 Å². The van der Waals surface area contributed by atoms with Crippen molar-refractivity contribution in [3.63, 3.8) is 0 Å². The third-order valence-corrected chi connectivity index (χ3v) is 3.61. The maximum Gasteiger partial charge on any atom is 4.00 e. The molecule has 2 aliphatic carbocycles. The SMILES string of the molecule is O=C(O)C1CCN2CCCN=C2N1.[C-]1=CC=CC1.[C-]1=CC=CC1.[Cl-].[Cl-].[Ga].[Zr+4]. The molecule has 0 aromatic rings. The number of allylic oxidation sites excluding steroid dienone is 8. The van der Waals surface area contributed by atoms with E-state index >= 15 is 0 Å². The Bertz CT molecular complexity index is 513. The summed E-state index contributed by atoms with van der Waals surface area (Å²) in [5.74, 6) is -0.0159. The van der Waals surface area contributed by atoms with Gasteiger partial charge < -0.3 is 40.1 Å². The number of nitrogens with zero attached hydrogens (tertiary/aromatic N) is 2. The summed E-state index contributed by atoms with van der Waals surface area (Å²) in [5, 5.41) is 11.7. The van der Waals surface area contributed by atoms with Gasteiger partial charge in [-0.25, -0.2) is 29.1 Å². The number of halogens is 2. The molecule has 0 aromatic heterocycles. The van der Waals surface area contributed by atoms with Crippen molar-refractivity contribution >= 4 is 31.7 Å². The summed E-state index contributed by atoms with van der Waals surface area (Å²) in [6, 6.07) is -0.451. The van der Waals surface area contributed by atoms with E-state index in [4.69, 9.17) is 5.11 Å². The van der Waals surface area contributed by atoms with Crippen LogP contribution in [-0.2, 0) is 31.0 Å². The topological polar surface area (TPSA) is 64.9 Å². The number of aliphatic imine (C=N–C) groups is 1. The molecule has 2 aliphatic heterocycles. The van der Waals surface area contributed by atoms with Crippen LogP contribution < -0.4 is 30.1 Å². The Labute approximate surface area is 206 Å². The zero-order valence-corrected chi connectivity index (χ0v) is 21.5. The van der Waals surface area contributed by atoms with Crippen LogP contribution in [0.3, 0.4) is 0 Å². The molecule has 0 aromatic carbocycles. The summed E-state index contributed by atoms with van der Waals surface area (Å²) in [5.41, 5.74) is 0. The van der Waals surface area contributed by atoms with Crippen LogP contribution in [-0.4, -0.2) is 67.4 Å². The van der Waals surface area contributed by atoms with Gasteiger partial charge in [0, 0.05) is 39.4 Å². The molecule has 4 rings (SSSR count). The molecule has 143 valence electrons. The first kappa shape index (κ1) is 31.5. The molecule has 5 nitrogen and oxygen atoms in total. The van der Waals surface area contributed by atoms with Gasteiger partial charge in [0.25, 0.3) is 0 Å². The summed E-state index contributed by atoms with van der Waals surface area (Å²) in [7, 11) is 0. The van der Waals surface area contributed by atoms with Gasteiger partial charge in [0.05, 0.1) is 0 Å². The van der Waals surface area contributed by atoms with Crippen LogP contribution in [0.5, 0.6) is 0 Å². The Kier molecular flexibility index (Phi) is 22.3. The Morgan fingerprint density at radius 3 is 2.15 bits per heavy atom. The molecule has 0 saturated carbocycles. The van der Waals surface area contributed by atoms with E-state index in [9.17, 15) is 4.79 Å². The molecule has 0 spiro atoms. The van der Waals surface area contributed by atoms with Gasteiger partial charge in [-0.2, -0.15) is 12.2 Å². The van der Waals surface area contributed by atoms with Gasteiger partial charge >= 0.3 is 32.2 Å². The molecule has 3 radical (unpaired) electrons. The van der Waals surface area contributed by atoms with Crippen LogP contribution in [0.4, 0.5) is 0 Å². The van der Waals surface area contributed by atoms with Gasteiger partial charge in [-0.05, 0) is 12.8 Å². The summed E-state index contributed by atoms with van der Waals surface area (Å²) in [4.78, 5) is 17.1. The number of carboxylic acid groups (broad SMARTS) is 1. The normalized spacial score (nSPS) is 19.6. The quantitative estimate of drug-likeness (QED) is 0.259. The van der Waals surface area contributed by atoms with E-state index in [-0.39, 0.29) is 70.8 Å². The number of rotatable bonds is 1. The number of carboxylic acids is 1. The number of hydrogen-bond acceptors (Lipinski definition) is 4. The molecule has 0 bridgehead atoms. The second-order valence-electron chi connectivity index (χ2n) is 5.38. The molecule has 4 aliphatic rings. The van der Waals surface area contributed by atoms with Crippen molar-refractivity contribution in [1.29, 1.82) is 0 Å². The van der Waals surface area contributed by atoms with Crippen molar-refractivity contribution in [2.24, 2.45) is 4.99 Å². The van der Waals surface area contributed by atoms with Gasteiger partial charge in [-0.15, -0.1) is 12.8 Å². The van der Waals surface area contributed by atoms with E-state index in [0.717, 1.165) is 44.9 Å². The van der Waals surface area contributed by atoms with Gasteiger partial charge in [-0.1, -0.05) is 0 Å². The third-order valence-electron chi connectivity index (χ3n) is 3.61. The van der Waals surface area contributed by atoms with E-state index in [1.165, 1.54) is 0 Å². The summed E-state index contributed by atoms with van der Waals surface area (Å²) < 4.78 is 0. The van der Waals surface area contributed by atoms with Crippen molar-refractivity contribution in [3.8, 4) is 0 Å². The second-order valence-corrected chi connectivity index (χ2v) is 5.38. The maximum atomic E-state index is 10.7. The van der Waals surface area contributed by atoms with Crippen LogP contribution in [0.2, 0.25) is 0 Å². The molecular formula is C18H23Cl2GaN3O2Zr. The van der Waals surface area contributed by atoms with E-state index in [0.29, 0.717) is 6.42 Å². The van der Waals surface area contributed by atoms with Crippen molar-refractivity contribution in [3.05, 3.63) is 48.6 Å². The average Bonchev–Trinajstić information content (AvgIpc) is 3.32. The number of carbonyl (C=O) groups is 1. The van der Waals surface area contributed by atoms with Gasteiger partial charge in [-0.3, -0.25) is 17.1 Å². The fourth-order valence-electron chi connectivity index (χ4n) is 2.39. The van der Waals surface area contributed by atoms with Crippen molar-refractivity contribution in [1.82, 2.24) is 10.2 Å². The molecule has 1 unspecified atom stereocenters. The average molecular weight is 545 g/mol. The fourth-order valence-corrected chi connectivity index (χ4v) is 2.39. The van der Waals surface area contributed by atoms with E-state index in [1.54, 1.807) is 0 Å². The molecule has 9 heteroatoms. The van der Waals surface area contributed by atoms with E-state index in [1.807, 2.05) is 24.3 Å². The van der Waals surface area contributed by atoms with E-state index in [2.05, 4.69) is 39.5 Å². The minimum Gasteiger partial charge on any atom is -1.00 e. The first-order valence-corrected chi connectivity index (χ1v) is 7.99. The zero-order chi connectivity index (χ0) is 16.3. The summed E-state index contributed by atoms with van der Waals surface area (Å²) in [6.45, 7) is 2.62. The number of fused-ring (bicyclic) bond motifs is 1. The molecule has 1 saturated heterocycles. The molecule has 1 fully saturated rings. The van der Waals surface area contributed by atoms with Gasteiger partial charge in [0.2, 0.25) is 0 Å². The second kappa shape index (κ2) is 19.1. The fraction of sp³-hybridized carbons (Fsp3) is 0.444. The summed E-state index contributed by atoms with van der Waals surface area (Å²) in [6.07, 6.45) is 21.7. The van der Waals surface area contributed by atoms with Gasteiger partial charge in [0.15, 0.2) is 5.96 Å². The van der Waals surface area contributed by atoms with Crippen LogP contribution in [0.25, 0.3) is 0 Å². The van der Waals surface area contributed by atoms with Gasteiger partial charge in [0.1, 0.15) is 6.04 Å². The van der Waals surface area contributed by atoms with Crippen LogP contribution in [0.15, 0.2) is 41.4 Å². The number of hydrogen-bond donors (Lipinski definition) is 2. The van der Waals surface area contributed by atoms with Crippen molar-refractivity contribution in [2.45, 2.75) is 31.7 Å². The Morgan fingerprint density at radius 2 is 1.74 bits per heavy atom. The minimum absolute atomic E-state index is 0. The minimum atomic E-state index is -0.784. The standard InChI is InChI=1S/C8H13N3O2.2C5H5.2ClH.Ga.Zr/c12-7(13)6-2-5-11-4-1-3-9-8(11)10-6;2*1-2-4-5-3-1;;;;/h6H,1-5H2,(H,9,10)(H,12,13);2*1-3H,4H2;2*1H;;/q;2*-1;;;;+4/p-2. The third kappa shape index (κ3) is 12.8. The Hall–Kier alpha value is -0.201. The van der Waals surface area contributed by atoms with E-state index < -0.39 is 12.0 Å². The molecule has 0 amide bonds. The van der Waals surface area contributed by atoms with Crippen molar-refractivity contribution < 1.29 is 60.9 Å². The van der Waals surface area contributed by atoms with Crippen LogP contribution >= 0.6 is 0 Å². The summed E-state index contributed by atoms with van der Waals surface area (Å²) >= 11 is 0. The van der Waals surface area contributed by atoms with Crippen LogP contribution in [0.1, 0.15) is 25.7 Å². The smallest absolute Gasteiger partial charge is 1.00 e. The number of nitrogens with one attached hydrogen (secondary N) is 1. The molecule has 27 heavy (non-hydrogen) atoms. The number of guanidine groups is 1. The first-order chi connectivity index (χ1) is 11.3. The monoisotopic (exact) mass is 542 g/mol. The number of aliphatic carboxylic acids is 1. The van der Waals surface area contributed by atoms with Crippen LogP contribution in [0, 0.1) is 12.2 Å². The largest absolute Gasteiger partial charge is 4.00 e. The predicted octanol–water partition coefficient (Wildman–Crippen LogP) is -4.27. The molecular weight excluding hydrogens is 522 g/mol.